The van der Waals surface area contributed by atoms with Crippen LogP contribution in [0, 0.1) is 0 Å². The molecule has 0 bridgehead atoms. The molecule has 0 atom stereocenters. The van der Waals surface area contributed by atoms with Crippen LogP contribution in [0.2, 0.25) is 0 Å². The predicted octanol–water partition coefficient (Wildman–Crippen LogP) is 3.96. The first kappa shape index (κ1) is 20.5. The van der Waals surface area contributed by atoms with Crippen LogP contribution in [0.4, 0.5) is 0 Å². The lowest BCUT2D eigenvalue weighted by Crippen LogP contribution is -2.33. The maximum Gasteiger partial charge on any atom is 0.287 e. The molecule has 1 aromatic carbocycles. The first-order chi connectivity index (χ1) is 15.7. The fourth-order valence-electron chi connectivity index (χ4n) is 4.60. The normalized spacial score (nSPS) is 17.1. The summed E-state index contributed by atoms with van der Waals surface area (Å²) in [5.41, 5.74) is 5.47. The molecule has 0 saturated carbocycles. The Labute approximate surface area is 186 Å². The van der Waals surface area contributed by atoms with Crippen molar-refractivity contribution in [3.8, 4) is 22.5 Å². The Morgan fingerprint density at radius 2 is 1.88 bits per heavy atom. The van der Waals surface area contributed by atoms with Crippen molar-refractivity contribution in [3.63, 3.8) is 0 Å². The highest BCUT2D eigenvalue weighted by Crippen LogP contribution is 2.37. The summed E-state index contributed by atoms with van der Waals surface area (Å²) < 4.78 is 6.13. The van der Waals surface area contributed by atoms with E-state index in [0.29, 0.717) is 23.8 Å². The van der Waals surface area contributed by atoms with E-state index in [4.69, 9.17) is 4.42 Å². The molecule has 0 unspecified atom stereocenters. The number of furan rings is 1. The number of rotatable bonds is 6. The number of aromatic nitrogens is 1. The number of hydrogen-bond donors (Lipinski definition) is 2. The molecule has 164 valence electrons. The lowest BCUT2D eigenvalue weighted by molar-refractivity contribution is 0.0923. The number of hydrogen-bond acceptors (Lipinski definition) is 6. The highest BCUT2D eigenvalue weighted by molar-refractivity contribution is 6.04. The van der Waals surface area contributed by atoms with Gasteiger partial charge >= 0.3 is 0 Å². The molecular formula is C25H26N4O3. The molecule has 2 aliphatic rings. The SMILES string of the molecule is O=C(NCCN1CCCC1)c1cc(-c2ccncc2)c(-c2ccc3c(c2)CC/C3=N\O)o1. The number of aryl methyl sites for hydroxylation is 1. The van der Waals surface area contributed by atoms with Gasteiger partial charge in [-0.1, -0.05) is 17.3 Å². The standard InChI is InChI=1S/C25H26N4O3/c30-25(27-11-14-29-12-1-2-13-29)23-16-21(17-7-9-26-10-8-17)24(32-23)19-3-5-20-18(15-19)4-6-22(20)28-31/h3,5,7-10,15-16,31H,1-2,4,6,11-14H2,(H,27,30)/b28-22+. The number of pyridine rings is 1. The topological polar surface area (TPSA) is 91.0 Å². The molecule has 0 spiro atoms. The number of carbonyl (C=O) groups excluding carboxylic acids is 1. The van der Waals surface area contributed by atoms with Gasteiger partial charge in [0.1, 0.15) is 5.76 Å². The predicted molar refractivity (Wildman–Crippen MR) is 122 cm³/mol. The average molecular weight is 431 g/mol. The van der Waals surface area contributed by atoms with Gasteiger partial charge in [-0.15, -0.1) is 0 Å². The van der Waals surface area contributed by atoms with E-state index < -0.39 is 0 Å². The number of fused-ring (bicyclic) bond motifs is 1. The minimum absolute atomic E-state index is 0.207. The third-order valence-electron chi connectivity index (χ3n) is 6.29. The van der Waals surface area contributed by atoms with Gasteiger partial charge in [-0.25, -0.2) is 0 Å². The first-order valence-corrected chi connectivity index (χ1v) is 11.1. The molecule has 1 amide bonds. The minimum atomic E-state index is -0.207. The van der Waals surface area contributed by atoms with E-state index >= 15 is 0 Å². The van der Waals surface area contributed by atoms with E-state index in [1.807, 2.05) is 30.3 Å². The van der Waals surface area contributed by atoms with Gasteiger partial charge in [0, 0.05) is 42.2 Å². The van der Waals surface area contributed by atoms with Crippen molar-refractivity contribution < 1.29 is 14.4 Å². The van der Waals surface area contributed by atoms with Gasteiger partial charge in [0.2, 0.25) is 0 Å². The highest BCUT2D eigenvalue weighted by atomic mass is 16.4. The van der Waals surface area contributed by atoms with E-state index in [9.17, 15) is 10.0 Å². The second-order valence-electron chi connectivity index (χ2n) is 8.31. The van der Waals surface area contributed by atoms with E-state index in [2.05, 4.69) is 26.4 Å². The Morgan fingerprint density at radius 1 is 1.06 bits per heavy atom. The van der Waals surface area contributed by atoms with Gasteiger partial charge in [0.25, 0.3) is 5.91 Å². The summed E-state index contributed by atoms with van der Waals surface area (Å²) >= 11 is 0. The van der Waals surface area contributed by atoms with Crippen LogP contribution in [0.5, 0.6) is 0 Å². The maximum atomic E-state index is 12.8. The fourth-order valence-corrected chi connectivity index (χ4v) is 4.60. The Morgan fingerprint density at radius 3 is 2.66 bits per heavy atom. The molecule has 1 saturated heterocycles. The molecule has 1 fully saturated rings. The Balaban J connectivity index is 1.44. The maximum absolute atomic E-state index is 12.8. The third kappa shape index (κ3) is 4.03. The van der Waals surface area contributed by atoms with E-state index in [1.165, 1.54) is 12.8 Å². The van der Waals surface area contributed by atoms with Crippen LogP contribution in [-0.2, 0) is 6.42 Å². The lowest BCUT2D eigenvalue weighted by Gasteiger charge is -2.14. The number of benzene rings is 1. The first-order valence-electron chi connectivity index (χ1n) is 11.1. The van der Waals surface area contributed by atoms with Crippen LogP contribution in [0.1, 0.15) is 40.9 Å². The molecule has 32 heavy (non-hydrogen) atoms. The highest BCUT2D eigenvalue weighted by Gasteiger charge is 2.23. The summed E-state index contributed by atoms with van der Waals surface area (Å²) in [6.45, 7) is 3.67. The van der Waals surface area contributed by atoms with Gasteiger partial charge in [-0.2, -0.15) is 0 Å². The average Bonchev–Trinajstić information content (AvgIpc) is 3.58. The number of likely N-dealkylation sites (tertiary alicyclic amines) is 1. The minimum Gasteiger partial charge on any atom is -0.450 e. The van der Waals surface area contributed by atoms with Crippen molar-refractivity contribution in [3.05, 3.63) is 65.7 Å². The molecule has 2 N–H and O–H groups in total. The zero-order valence-corrected chi connectivity index (χ0v) is 17.9. The zero-order valence-electron chi connectivity index (χ0n) is 17.9. The molecule has 3 heterocycles. The molecule has 5 rings (SSSR count). The van der Waals surface area contributed by atoms with E-state index in [1.54, 1.807) is 12.4 Å². The molecule has 7 nitrogen and oxygen atoms in total. The van der Waals surface area contributed by atoms with Crippen molar-refractivity contribution in [1.29, 1.82) is 0 Å². The van der Waals surface area contributed by atoms with Crippen molar-refractivity contribution in [2.45, 2.75) is 25.7 Å². The fraction of sp³-hybridized carbons (Fsp3) is 0.320. The van der Waals surface area contributed by atoms with E-state index in [-0.39, 0.29) is 5.91 Å². The number of carbonyl (C=O) groups is 1. The molecule has 0 radical (unpaired) electrons. The lowest BCUT2D eigenvalue weighted by atomic mass is 9.99. The van der Waals surface area contributed by atoms with Crippen LogP contribution < -0.4 is 5.32 Å². The van der Waals surface area contributed by atoms with Crippen LogP contribution in [0.15, 0.2) is 58.4 Å². The number of oxime groups is 1. The molecule has 7 heteroatoms. The molecule has 2 aromatic heterocycles. The molecule has 1 aliphatic carbocycles. The van der Waals surface area contributed by atoms with Gasteiger partial charge in [-0.3, -0.25) is 9.78 Å². The van der Waals surface area contributed by atoms with Crippen LogP contribution in [-0.4, -0.2) is 52.9 Å². The monoisotopic (exact) mass is 430 g/mol. The van der Waals surface area contributed by atoms with Crippen LogP contribution in [0.3, 0.4) is 0 Å². The molecular weight excluding hydrogens is 404 g/mol. The summed E-state index contributed by atoms with van der Waals surface area (Å²) in [6.07, 6.45) is 7.46. The third-order valence-corrected chi connectivity index (χ3v) is 6.29. The second kappa shape index (κ2) is 8.96. The number of nitrogens with zero attached hydrogens (tertiary/aromatic N) is 3. The Bertz CT molecular complexity index is 1150. The summed E-state index contributed by atoms with van der Waals surface area (Å²) in [4.78, 5) is 19.3. The second-order valence-corrected chi connectivity index (χ2v) is 8.31. The quantitative estimate of drug-likeness (QED) is 0.456. The van der Waals surface area contributed by atoms with E-state index in [0.717, 1.165) is 60.3 Å². The largest absolute Gasteiger partial charge is 0.450 e. The number of nitrogens with one attached hydrogen (secondary N) is 1. The Hall–Kier alpha value is -3.45. The van der Waals surface area contributed by atoms with Gasteiger partial charge < -0.3 is 19.8 Å². The number of amides is 1. The van der Waals surface area contributed by atoms with Crippen LogP contribution >= 0.6 is 0 Å². The summed E-state index contributed by atoms with van der Waals surface area (Å²) in [7, 11) is 0. The summed E-state index contributed by atoms with van der Waals surface area (Å²) in [6, 6.07) is 11.6. The van der Waals surface area contributed by atoms with Crippen molar-refractivity contribution in [1.82, 2.24) is 15.2 Å². The van der Waals surface area contributed by atoms with Gasteiger partial charge in [-0.05, 0) is 74.2 Å². The smallest absolute Gasteiger partial charge is 0.287 e. The Kier molecular flexibility index (Phi) is 5.73. The van der Waals surface area contributed by atoms with Crippen molar-refractivity contribution in [2.24, 2.45) is 5.16 Å². The molecule has 3 aromatic rings. The summed E-state index contributed by atoms with van der Waals surface area (Å²) in [5, 5.41) is 15.6. The van der Waals surface area contributed by atoms with Crippen molar-refractivity contribution in [2.75, 3.05) is 26.2 Å². The molecule has 1 aliphatic heterocycles. The summed E-state index contributed by atoms with van der Waals surface area (Å²) in [5.74, 6) is 0.742. The van der Waals surface area contributed by atoms with Crippen LogP contribution in [0.25, 0.3) is 22.5 Å². The zero-order chi connectivity index (χ0) is 21.9. The van der Waals surface area contributed by atoms with Gasteiger partial charge in [0.05, 0.1) is 5.71 Å². The van der Waals surface area contributed by atoms with Gasteiger partial charge in [0.15, 0.2) is 5.76 Å². The van der Waals surface area contributed by atoms with Crippen molar-refractivity contribution >= 4 is 11.6 Å².